The van der Waals surface area contributed by atoms with Gasteiger partial charge in [0.05, 0.1) is 12.0 Å². The summed E-state index contributed by atoms with van der Waals surface area (Å²) in [6, 6.07) is 43.6. The molecule has 2 unspecified atom stereocenters. The van der Waals surface area contributed by atoms with E-state index in [9.17, 15) is 9.90 Å². The van der Waals surface area contributed by atoms with Crippen LogP contribution in [-0.2, 0) is 5.54 Å². The summed E-state index contributed by atoms with van der Waals surface area (Å²) in [7, 11) is 0. The molecular weight excluding hydrogens is 504 g/mol. The van der Waals surface area contributed by atoms with Crippen molar-refractivity contribution in [1.82, 2.24) is 9.55 Å². The van der Waals surface area contributed by atoms with E-state index in [0.717, 1.165) is 45.0 Å². The van der Waals surface area contributed by atoms with E-state index in [1.165, 1.54) is 0 Å². The molecule has 1 aromatic heterocycles. The first-order valence-electron chi connectivity index (χ1n) is 14.0. The van der Waals surface area contributed by atoms with Crippen molar-refractivity contribution in [3.8, 4) is 0 Å². The second-order valence-corrected chi connectivity index (χ2v) is 10.6. The van der Waals surface area contributed by atoms with Crippen LogP contribution in [0.2, 0.25) is 0 Å². The van der Waals surface area contributed by atoms with Gasteiger partial charge >= 0.3 is 0 Å². The maximum absolute atomic E-state index is 11.3. The zero-order valence-corrected chi connectivity index (χ0v) is 23.0. The van der Waals surface area contributed by atoms with Crippen LogP contribution in [0, 0.1) is 5.92 Å². The summed E-state index contributed by atoms with van der Waals surface area (Å²) >= 11 is 0. The van der Waals surface area contributed by atoms with Gasteiger partial charge in [-0.2, -0.15) is 0 Å². The number of hydrogen-bond donors (Lipinski definition) is 1. The van der Waals surface area contributed by atoms with E-state index in [4.69, 9.17) is 4.98 Å². The van der Waals surface area contributed by atoms with E-state index >= 15 is 0 Å². The number of benzene rings is 5. The lowest BCUT2D eigenvalue weighted by Crippen LogP contribution is -2.37. The molecule has 4 nitrogen and oxygen atoms in total. The molecule has 2 atom stereocenters. The van der Waals surface area contributed by atoms with Crippen LogP contribution in [0.5, 0.6) is 0 Å². The van der Waals surface area contributed by atoms with Gasteiger partial charge in [0.1, 0.15) is 11.8 Å². The molecular formula is C37H32N2O2. The van der Waals surface area contributed by atoms with E-state index in [0.29, 0.717) is 5.56 Å². The molecule has 0 spiro atoms. The van der Waals surface area contributed by atoms with Crippen molar-refractivity contribution in [2.45, 2.75) is 18.4 Å². The van der Waals surface area contributed by atoms with Crippen molar-refractivity contribution in [3.63, 3.8) is 0 Å². The molecule has 0 saturated heterocycles. The third kappa shape index (κ3) is 4.77. The summed E-state index contributed by atoms with van der Waals surface area (Å²) in [5.74, 6) is -0.193. The molecule has 0 bridgehead atoms. The molecule has 41 heavy (non-hydrogen) atoms. The molecule has 202 valence electrons. The van der Waals surface area contributed by atoms with Gasteiger partial charge in [0, 0.05) is 24.3 Å². The molecule has 6 rings (SSSR count). The maximum Gasteiger partial charge on any atom is 0.150 e. The average molecular weight is 537 g/mol. The minimum atomic E-state index is -0.656. The minimum Gasteiger partial charge on any atom is -0.396 e. The summed E-state index contributed by atoms with van der Waals surface area (Å²) in [4.78, 5) is 16.3. The van der Waals surface area contributed by atoms with Crippen LogP contribution in [0.3, 0.4) is 0 Å². The lowest BCUT2D eigenvalue weighted by molar-refractivity contribution is 0.112. The molecule has 0 aliphatic rings. The Morgan fingerprint density at radius 1 is 0.756 bits per heavy atom. The Hall–Kier alpha value is -4.80. The molecule has 0 aliphatic carbocycles. The summed E-state index contributed by atoms with van der Waals surface area (Å²) < 4.78 is 2.22. The molecule has 5 aromatic carbocycles. The zero-order chi connectivity index (χ0) is 28.2. The Morgan fingerprint density at radius 2 is 1.29 bits per heavy atom. The van der Waals surface area contributed by atoms with Gasteiger partial charge < -0.3 is 9.67 Å². The number of aldehydes is 1. The summed E-state index contributed by atoms with van der Waals surface area (Å²) in [5, 5.41) is 12.4. The van der Waals surface area contributed by atoms with E-state index in [1.54, 1.807) is 0 Å². The molecule has 0 aliphatic heterocycles. The van der Waals surface area contributed by atoms with Crippen molar-refractivity contribution < 1.29 is 9.90 Å². The third-order valence-corrected chi connectivity index (χ3v) is 8.12. The van der Waals surface area contributed by atoms with Gasteiger partial charge in [-0.05, 0) is 45.0 Å². The third-order valence-electron chi connectivity index (χ3n) is 8.12. The normalized spacial score (nSPS) is 13.1. The number of nitrogens with zero attached hydrogens (tertiary/aromatic N) is 2. The van der Waals surface area contributed by atoms with Crippen molar-refractivity contribution in [2.24, 2.45) is 5.92 Å². The fourth-order valence-corrected chi connectivity index (χ4v) is 6.11. The first-order valence-corrected chi connectivity index (χ1v) is 14.0. The number of imidazole rings is 1. The van der Waals surface area contributed by atoms with Gasteiger partial charge in [-0.25, -0.2) is 4.98 Å². The number of rotatable bonds is 9. The number of carbonyl (C=O) groups is 1. The molecule has 0 fully saturated rings. The standard InChI is InChI=1S/C37H32N2O2/c1-27(24-40)36(31-20-19-29-21-28(25-41)17-18-30(29)22-31)35-23-39(26-38-35)37(32-11-5-2-6-12-32,33-13-7-3-8-14-33)34-15-9-4-10-16-34/h2-23,25-27,36,40H,24H2,1H3. The molecule has 1 heterocycles. The van der Waals surface area contributed by atoms with Crippen LogP contribution >= 0.6 is 0 Å². The topological polar surface area (TPSA) is 55.1 Å². The van der Waals surface area contributed by atoms with Crippen LogP contribution in [-0.4, -0.2) is 27.6 Å². The summed E-state index contributed by atoms with van der Waals surface area (Å²) in [5.41, 5.74) is 5.36. The number of carbonyl (C=O) groups excluding carboxylic acids is 1. The largest absolute Gasteiger partial charge is 0.396 e. The highest BCUT2D eigenvalue weighted by atomic mass is 16.3. The smallest absolute Gasteiger partial charge is 0.150 e. The highest BCUT2D eigenvalue weighted by Crippen LogP contribution is 2.42. The quantitative estimate of drug-likeness (QED) is 0.154. The summed E-state index contributed by atoms with van der Waals surface area (Å²) in [6.45, 7) is 2.09. The predicted molar refractivity (Wildman–Crippen MR) is 164 cm³/mol. The molecule has 0 amide bonds. The monoisotopic (exact) mass is 536 g/mol. The van der Waals surface area contributed by atoms with Crippen LogP contribution in [0.15, 0.2) is 140 Å². The number of aromatic nitrogens is 2. The SMILES string of the molecule is CC(CO)C(c1ccc2cc(C=O)ccc2c1)c1cn(C(c2ccccc2)(c2ccccc2)c2ccccc2)cn1. The van der Waals surface area contributed by atoms with Gasteiger partial charge in [-0.3, -0.25) is 4.79 Å². The Kier molecular flexibility index (Phi) is 7.32. The zero-order valence-electron chi connectivity index (χ0n) is 23.0. The van der Waals surface area contributed by atoms with Gasteiger partial charge in [-0.1, -0.05) is 128 Å². The minimum absolute atomic E-state index is 0.0286. The number of fused-ring (bicyclic) bond motifs is 1. The molecule has 6 aromatic rings. The highest BCUT2D eigenvalue weighted by Gasteiger charge is 2.39. The molecule has 0 saturated carbocycles. The fraction of sp³-hybridized carbons (Fsp3) is 0.135. The lowest BCUT2D eigenvalue weighted by atomic mass is 9.76. The fourth-order valence-electron chi connectivity index (χ4n) is 6.11. The van der Waals surface area contributed by atoms with Gasteiger partial charge in [0.25, 0.3) is 0 Å². The van der Waals surface area contributed by atoms with E-state index in [1.807, 2.05) is 48.8 Å². The number of hydrogen-bond acceptors (Lipinski definition) is 3. The van der Waals surface area contributed by atoms with Crippen molar-refractivity contribution in [1.29, 1.82) is 0 Å². The van der Waals surface area contributed by atoms with Gasteiger partial charge in [0.2, 0.25) is 0 Å². The molecule has 1 N–H and O–H groups in total. The first kappa shape index (κ1) is 26.4. The first-order chi connectivity index (χ1) is 20.1. The Bertz CT molecular complexity index is 1660. The average Bonchev–Trinajstić information content (AvgIpc) is 3.52. The molecule has 4 heteroatoms. The lowest BCUT2D eigenvalue weighted by Gasteiger charge is -2.37. The van der Waals surface area contributed by atoms with Crippen LogP contribution < -0.4 is 0 Å². The van der Waals surface area contributed by atoms with Crippen LogP contribution in [0.1, 0.15) is 51.1 Å². The van der Waals surface area contributed by atoms with Crippen molar-refractivity contribution >= 4 is 17.1 Å². The Balaban J connectivity index is 1.55. The predicted octanol–water partition coefficient (Wildman–Crippen LogP) is 7.45. The van der Waals surface area contributed by atoms with Crippen molar-refractivity contribution in [3.05, 3.63) is 173 Å². The number of aliphatic hydroxyl groups is 1. The van der Waals surface area contributed by atoms with E-state index < -0.39 is 5.54 Å². The second kappa shape index (κ2) is 11.4. The Morgan fingerprint density at radius 3 is 1.83 bits per heavy atom. The van der Waals surface area contributed by atoms with E-state index in [2.05, 4.69) is 103 Å². The molecule has 0 radical (unpaired) electrons. The number of aliphatic hydroxyl groups excluding tert-OH is 1. The summed E-state index contributed by atoms with van der Waals surface area (Å²) in [6.07, 6.45) is 4.94. The Labute approximate surface area is 240 Å². The van der Waals surface area contributed by atoms with Gasteiger partial charge in [-0.15, -0.1) is 0 Å². The van der Waals surface area contributed by atoms with E-state index in [-0.39, 0.29) is 18.4 Å². The van der Waals surface area contributed by atoms with Gasteiger partial charge in [0.15, 0.2) is 0 Å². The van der Waals surface area contributed by atoms with Crippen LogP contribution in [0.4, 0.5) is 0 Å². The highest BCUT2D eigenvalue weighted by molar-refractivity contribution is 5.89. The van der Waals surface area contributed by atoms with Crippen molar-refractivity contribution in [2.75, 3.05) is 6.61 Å². The second-order valence-electron chi connectivity index (χ2n) is 10.6. The van der Waals surface area contributed by atoms with Crippen LogP contribution in [0.25, 0.3) is 10.8 Å². The maximum atomic E-state index is 11.3.